The first-order valence-electron chi connectivity index (χ1n) is 10.6. The number of rotatable bonds is 6. The Labute approximate surface area is 169 Å². The second kappa shape index (κ2) is 7.86. The zero-order valence-electron chi connectivity index (χ0n) is 16.4. The van der Waals surface area contributed by atoms with Crippen molar-refractivity contribution >= 4 is 29.5 Å². The van der Waals surface area contributed by atoms with Crippen molar-refractivity contribution in [3.8, 4) is 0 Å². The van der Waals surface area contributed by atoms with E-state index >= 15 is 0 Å². The molecule has 0 aromatic carbocycles. The Morgan fingerprint density at radius 1 is 1.29 bits per heavy atom. The molecular weight excluding hydrogens is 380 g/mol. The number of hydrogen-bond acceptors (Lipinski definition) is 6. The van der Waals surface area contributed by atoms with Crippen LogP contribution in [0.1, 0.15) is 51.9 Å². The number of β-amino-alcohol motifs (C(OH)–C–C–N with tert-alkyl or cyclic N) is 1. The SMILES string of the molecule is CCOC(=O)[C@@H]1[C@H]2C(=O)N(CCO)C(C(=O)NC3CCCCC3)C23CC[C@H]1S3. The number of fused-ring (bicyclic) bond motifs is 1. The van der Waals surface area contributed by atoms with Crippen LogP contribution in [-0.2, 0) is 19.1 Å². The van der Waals surface area contributed by atoms with Crippen molar-refractivity contribution in [2.24, 2.45) is 11.8 Å². The Kier molecular flexibility index (Phi) is 5.62. The third kappa shape index (κ3) is 3.03. The number of aliphatic hydroxyl groups is 1. The lowest BCUT2D eigenvalue weighted by atomic mass is 9.71. The van der Waals surface area contributed by atoms with Crippen LogP contribution >= 0.6 is 11.8 Å². The largest absolute Gasteiger partial charge is 0.466 e. The molecule has 3 saturated heterocycles. The lowest BCUT2D eigenvalue weighted by Crippen LogP contribution is -2.55. The average Bonchev–Trinajstić information content (AvgIpc) is 3.31. The number of carbonyl (C=O) groups is 3. The molecule has 1 aliphatic carbocycles. The summed E-state index contributed by atoms with van der Waals surface area (Å²) in [5, 5.41) is 12.8. The Morgan fingerprint density at radius 3 is 2.71 bits per heavy atom. The highest BCUT2D eigenvalue weighted by molar-refractivity contribution is 8.02. The Balaban J connectivity index is 1.62. The number of ether oxygens (including phenoxy) is 1. The van der Waals surface area contributed by atoms with Gasteiger partial charge in [-0.15, -0.1) is 11.8 Å². The molecule has 1 saturated carbocycles. The molecule has 3 aliphatic heterocycles. The molecule has 156 valence electrons. The second-order valence-electron chi connectivity index (χ2n) is 8.41. The van der Waals surface area contributed by atoms with E-state index < -0.39 is 22.6 Å². The predicted molar refractivity (Wildman–Crippen MR) is 105 cm³/mol. The van der Waals surface area contributed by atoms with Crippen molar-refractivity contribution in [1.29, 1.82) is 0 Å². The fraction of sp³-hybridized carbons (Fsp3) is 0.850. The minimum absolute atomic E-state index is 0.0363. The summed E-state index contributed by atoms with van der Waals surface area (Å²) in [4.78, 5) is 40.8. The van der Waals surface area contributed by atoms with E-state index in [4.69, 9.17) is 4.74 Å². The molecule has 28 heavy (non-hydrogen) atoms. The zero-order valence-corrected chi connectivity index (χ0v) is 17.2. The highest BCUT2D eigenvalue weighted by Crippen LogP contribution is 2.66. The average molecular weight is 411 g/mol. The number of aliphatic hydroxyl groups excluding tert-OH is 1. The number of likely N-dealkylation sites (tertiary alicyclic amines) is 1. The van der Waals surface area contributed by atoms with Gasteiger partial charge in [-0.3, -0.25) is 14.4 Å². The van der Waals surface area contributed by atoms with Crippen LogP contribution in [0.3, 0.4) is 0 Å². The summed E-state index contributed by atoms with van der Waals surface area (Å²) in [6.45, 7) is 1.98. The maximum atomic E-state index is 13.4. The van der Waals surface area contributed by atoms with Crippen LogP contribution in [0, 0.1) is 11.8 Å². The first kappa shape index (κ1) is 20.0. The molecule has 3 heterocycles. The normalized spacial score (nSPS) is 37.2. The molecule has 4 fully saturated rings. The minimum Gasteiger partial charge on any atom is -0.466 e. The van der Waals surface area contributed by atoms with E-state index in [-0.39, 0.29) is 48.8 Å². The Bertz CT molecular complexity index is 653. The van der Waals surface area contributed by atoms with Gasteiger partial charge in [0, 0.05) is 17.8 Å². The topological polar surface area (TPSA) is 95.9 Å². The molecule has 0 aromatic heterocycles. The van der Waals surface area contributed by atoms with Crippen LogP contribution in [0.25, 0.3) is 0 Å². The van der Waals surface area contributed by atoms with Crippen molar-refractivity contribution < 1.29 is 24.2 Å². The molecule has 2 N–H and O–H groups in total. The van der Waals surface area contributed by atoms with E-state index in [0.717, 1.165) is 38.5 Å². The van der Waals surface area contributed by atoms with Gasteiger partial charge in [-0.2, -0.15) is 0 Å². The summed E-state index contributed by atoms with van der Waals surface area (Å²) in [5.74, 6) is -1.62. The van der Waals surface area contributed by atoms with Crippen molar-refractivity contribution in [2.75, 3.05) is 19.8 Å². The van der Waals surface area contributed by atoms with Crippen LogP contribution < -0.4 is 5.32 Å². The van der Waals surface area contributed by atoms with E-state index in [1.54, 1.807) is 18.7 Å². The van der Waals surface area contributed by atoms with Gasteiger partial charge in [0.2, 0.25) is 11.8 Å². The van der Waals surface area contributed by atoms with E-state index in [9.17, 15) is 19.5 Å². The van der Waals surface area contributed by atoms with Gasteiger partial charge in [0.15, 0.2) is 0 Å². The lowest BCUT2D eigenvalue weighted by molar-refractivity contribution is -0.153. The number of nitrogens with zero attached hydrogens (tertiary/aromatic N) is 1. The molecule has 1 spiro atoms. The Hall–Kier alpha value is -1.28. The molecule has 2 bridgehead atoms. The summed E-state index contributed by atoms with van der Waals surface area (Å²) in [7, 11) is 0. The van der Waals surface area contributed by atoms with Crippen molar-refractivity contribution in [3.63, 3.8) is 0 Å². The fourth-order valence-corrected chi connectivity index (χ4v) is 8.04. The van der Waals surface area contributed by atoms with Crippen LogP contribution in [0.15, 0.2) is 0 Å². The molecule has 2 amide bonds. The van der Waals surface area contributed by atoms with Crippen LogP contribution in [-0.4, -0.2) is 69.6 Å². The number of hydrogen-bond donors (Lipinski definition) is 2. The highest BCUT2D eigenvalue weighted by Gasteiger charge is 2.73. The van der Waals surface area contributed by atoms with Gasteiger partial charge in [-0.25, -0.2) is 0 Å². The van der Waals surface area contributed by atoms with E-state index in [1.165, 1.54) is 11.3 Å². The number of nitrogens with one attached hydrogen (secondary N) is 1. The summed E-state index contributed by atoms with van der Waals surface area (Å²) in [6, 6.07) is -0.458. The molecular formula is C20H30N2O5S. The summed E-state index contributed by atoms with van der Waals surface area (Å²) < 4.78 is 4.69. The van der Waals surface area contributed by atoms with Crippen LogP contribution in [0.2, 0.25) is 0 Å². The Morgan fingerprint density at radius 2 is 2.04 bits per heavy atom. The van der Waals surface area contributed by atoms with Crippen molar-refractivity contribution in [1.82, 2.24) is 10.2 Å². The fourth-order valence-electron chi connectivity index (χ4n) is 5.84. The van der Waals surface area contributed by atoms with Gasteiger partial charge >= 0.3 is 5.97 Å². The maximum Gasteiger partial charge on any atom is 0.310 e. The van der Waals surface area contributed by atoms with Crippen molar-refractivity contribution in [3.05, 3.63) is 0 Å². The zero-order chi connectivity index (χ0) is 19.9. The second-order valence-corrected chi connectivity index (χ2v) is 10.0. The smallest absolute Gasteiger partial charge is 0.310 e. The molecule has 8 heteroatoms. The first-order chi connectivity index (χ1) is 13.5. The van der Waals surface area contributed by atoms with Gasteiger partial charge in [0.25, 0.3) is 0 Å². The number of carbonyl (C=O) groups excluding carboxylic acids is 3. The molecule has 7 nitrogen and oxygen atoms in total. The van der Waals surface area contributed by atoms with Crippen LogP contribution in [0.4, 0.5) is 0 Å². The number of thioether (sulfide) groups is 1. The number of esters is 1. The predicted octanol–water partition coefficient (Wildman–Crippen LogP) is 1.08. The van der Waals surface area contributed by atoms with Gasteiger partial charge < -0.3 is 20.1 Å². The molecule has 5 atom stereocenters. The molecule has 4 rings (SSSR count). The quantitative estimate of drug-likeness (QED) is 0.636. The highest BCUT2D eigenvalue weighted by atomic mass is 32.2. The van der Waals surface area contributed by atoms with E-state index in [0.29, 0.717) is 0 Å². The summed E-state index contributed by atoms with van der Waals surface area (Å²) >= 11 is 1.64. The lowest BCUT2D eigenvalue weighted by Gasteiger charge is -2.35. The summed E-state index contributed by atoms with van der Waals surface area (Å²) in [5.41, 5.74) is 0. The van der Waals surface area contributed by atoms with Crippen LogP contribution in [0.5, 0.6) is 0 Å². The van der Waals surface area contributed by atoms with E-state index in [1.807, 2.05) is 0 Å². The minimum atomic E-state index is -0.617. The molecule has 0 aromatic rings. The third-order valence-corrected chi connectivity index (χ3v) is 8.85. The van der Waals surface area contributed by atoms with Crippen molar-refractivity contribution in [2.45, 2.75) is 74.0 Å². The van der Waals surface area contributed by atoms with E-state index in [2.05, 4.69) is 5.32 Å². The monoisotopic (exact) mass is 410 g/mol. The maximum absolute atomic E-state index is 13.4. The van der Waals surface area contributed by atoms with Gasteiger partial charge in [-0.1, -0.05) is 19.3 Å². The first-order valence-corrected chi connectivity index (χ1v) is 11.5. The standard InChI is InChI=1S/C20H30N2O5S/c1-2-27-19(26)14-13-8-9-20(28-13)15(14)18(25)22(10-11-23)16(20)17(24)21-12-6-4-3-5-7-12/h12-16,23H,2-11H2,1H3,(H,21,24)/t13-,14+,15+,16?,20?/m1/s1. The number of amides is 2. The van der Waals surface area contributed by atoms with Gasteiger partial charge in [0.05, 0.1) is 29.8 Å². The molecule has 2 unspecified atom stereocenters. The van der Waals surface area contributed by atoms with Gasteiger partial charge in [0.1, 0.15) is 6.04 Å². The summed E-state index contributed by atoms with van der Waals surface area (Å²) in [6.07, 6.45) is 6.95. The third-order valence-electron chi connectivity index (χ3n) is 6.90. The van der Waals surface area contributed by atoms with Gasteiger partial charge in [-0.05, 0) is 32.6 Å². The molecule has 0 radical (unpaired) electrons. The molecule has 4 aliphatic rings.